The molecule has 1 atom stereocenters. The first-order valence-electron chi connectivity index (χ1n) is 10.7. The van der Waals surface area contributed by atoms with Crippen LogP contribution in [0.1, 0.15) is 31.7 Å². The van der Waals surface area contributed by atoms with Crippen LogP contribution in [0.25, 0.3) is 0 Å². The number of amides is 1. The molecule has 0 saturated carbocycles. The van der Waals surface area contributed by atoms with Crippen LogP contribution >= 0.6 is 0 Å². The number of hydrogen-bond acceptors (Lipinski definition) is 5. The Morgan fingerprint density at radius 3 is 2.54 bits per heavy atom. The highest BCUT2D eigenvalue weighted by molar-refractivity contribution is 5.86. The van der Waals surface area contributed by atoms with E-state index in [1.165, 1.54) is 5.56 Å². The fraction of sp³-hybridized carbons (Fsp3) is 0.810. The summed E-state index contributed by atoms with van der Waals surface area (Å²) < 4.78 is 7.20. The summed E-state index contributed by atoms with van der Waals surface area (Å²) in [6.45, 7) is 10.6. The molecule has 3 saturated heterocycles. The van der Waals surface area contributed by atoms with Crippen LogP contribution in [-0.4, -0.2) is 89.9 Å². The van der Waals surface area contributed by atoms with Crippen LogP contribution in [0.15, 0.2) is 12.4 Å². The van der Waals surface area contributed by atoms with Gasteiger partial charge in [0.05, 0.1) is 18.2 Å². The van der Waals surface area contributed by atoms with Crippen molar-refractivity contribution in [3.8, 4) is 0 Å². The van der Waals surface area contributed by atoms with Gasteiger partial charge in [-0.25, -0.2) is 0 Å². The minimum absolute atomic E-state index is 0.118. The molecule has 4 rings (SSSR count). The van der Waals surface area contributed by atoms with E-state index in [0.29, 0.717) is 5.91 Å². The van der Waals surface area contributed by atoms with Crippen molar-refractivity contribution in [3.05, 3.63) is 18.0 Å². The second-order valence-corrected chi connectivity index (χ2v) is 9.00. The van der Waals surface area contributed by atoms with Crippen molar-refractivity contribution in [1.29, 1.82) is 0 Å². The molecule has 1 aromatic rings. The van der Waals surface area contributed by atoms with Gasteiger partial charge in [0, 0.05) is 70.6 Å². The molecule has 4 heterocycles. The van der Waals surface area contributed by atoms with E-state index in [4.69, 9.17) is 4.74 Å². The van der Waals surface area contributed by atoms with E-state index in [9.17, 15) is 4.79 Å². The van der Waals surface area contributed by atoms with Crippen LogP contribution in [0.4, 0.5) is 0 Å². The number of ether oxygens (including phenoxy) is 1. The number of piperidine rings is 1. The first-order chi connectivity index (χ1) is 13.5. The highest BCUT2D eigenvalue weighted by Crippen LogP contribution is 2.57. The summed E-state index contributed by atoms with van der Waals surface area (Å²) in [5.74, 6) is 0.413. The summed E-state index contributed by atoms with van der Waals surface area (Å²) in [6.07, 6.45) is 7.31. The van der Waals surface area contributed by atoms with E-state index in [1.807, 2.05) is 17.9 Å². The van der Waals surface area contributed by atoms with Gasteiger partial charge < -0.3 is 9.64 Å². The van der Waals surface area contributed by atoms with E-state index in [2.05, 4.69) is 32.9 Å². The molecule has 1 unspecified atom stereocenters. The van der Waals surface area contributed by atoms with Gasteiger partial charge in [-0.05, 0) is 39.3 Å². The maximum Gasteiger partial charge on any atom is 0.230 e. The normalized spacial score (nSPS) is 28.2. The van der Waals surface area contributed by atoms with Crippen LogP contribution < -0.4 is 0 Å². The number of hydrogen-bond donors (Lipinski definition) is 0. The molecule has 3 aliphatic heterocycles. The topological polar surface area (TPSA) is 53.8 Å². The Kier molecular flexibility index (Phi) is 5.51. The zero-order chi connectivity index (χ0) is 19.8. The average molecular weight is 390 g/mol. The number of aryl methyl sites for hydroxylation is 1. The maximum atomic E-state index is 13.5. The molecule has 1 amide bonds. The molecule has 28 heavy (non-hydrogen) atoms. The Labute approximate surface area is 168 Å². The zero-order valence-electron chi connectivity index (χ0n) is 17.7. The van der Waals surface area contributed by atoms with Crippen molar-refractivity contribution in [2.45, 2.75) is 32.7 Å². The molecule has 1 aromatic heterocycles. The summed E-state index contributed by atoms with van der Waals surface area (Å²) >= 11 is 0. The van der Waals surface area contributed by atoms with Gasteiger partial charge in [0.1, 0.15) is 0 Å². The van der Waals surface area contributed by atoms with Crippen LogP contribution in [0.2, 0.25) is 0 Å². The number of rotatable bonds is 6. The summed E-state index contributed by atoms with van der Waals surface area (Å²) in [5, 5.41) is 4.30. The first-order valence-corrected chi connectivity index (χ1v) is 10.7. The summed E-state index contributed by atoms with van der Waals surface area (Å²) in [7, 11) is 3.73. The van der Waals surface area contributed by atoms with Crippen LogP contribution in [0.3, 0.4) is 0 Å². The maximum absolute atomic E-state index is 13.5. The number of likely N-dealkylation sites (tertiary alicyclic amines) is 3. The quantitative estimate of drug-likeness (QED) is 0.732. The van der Waals surface area contributed by atoms with E-state index < -0.39 is 0 Å². The minimum Gasteiger partial charge on any atom is -0.383 e. The lowest BCUT2D eigenvalue weighted by Gasteiger charge is -2.47. The molecule has 7 heteroatoms. The molecular weight excluding hydrogens is 354 g/mol. The van der Waals surface area contributed by atoms with E-state index in [1.54, 1.807) is 7.11 Å². The van der Waals surface area contributed by atoms with Gasteiger partial charge in [0.25, 0.3) is 0 Å². The van der Waals surface area contributed by atoms with Crippen LogP contribution in [-0.2, 0) is 23.1 Å². The molecule has 0 aliphatic carbocycles. The molecule has 0 bridgehead atoms. The van der Waals surface area contributed by atoms with Gasteiger partial charge >= 0.3 is 0 Å². The third-order valence-corrected chi connectivity index (χ3v) is 7.51. The molecule has 2 spiro atoms. The standard InChI is InChI=1S/C21H35N5O2/c1-4-26-10-7-21(19(26)27)17-25(11-12-28-3)16-20(21)5-8-24(9-6-20)15-18-13-22-23(2)14-18/h13-14H,4-12,15-17H2,1-3H3. The summed E-state index contributed by atoms with van der Waals surface area (Å²) in [5.41, 5.74) is 1.21. The largest absolute Gasteiger partial charge is 0.383 e. The highest BCUT2D eigenvalue weighted by atomic mass is 16.5. The molecule has 156 valence electrons. The molecule has 0 N–H and O–H groups in total. The predicted octanol–water partition coefficient (Wildman–Crippen LogP) is 1.20. The fourth-order valence-corrected chi connectivity index (χ4v) is 5.93. The summed E-state index contributed by atoms with van der Waals surface area (Å²) in [6, 6.07) is 0. The number of carbonyl (C=O) groups excluding carboxylic acids is 1. The summed E-state index contributed by atoms with van der Waals surface area (Å²) in [4.78, 5) is 20.6. The third-order valence-electron chi connectivity index (χ3n) is 7.51. The van der Waals surface area contributed by atoms with Gasteiger partial charge in [-0.15, -0.1) is 0 Å². The molecule has 7 nitrogen and oxygen atoms in total. The number of methoxy groups -OCH3 is 1. The fourth-order valence-electron chi connectivity index (χ4n) is 5.93. The smallest absolute Gasteiger partial charge is 0.230 e. The molecule has 3 fully saturated rings. The molecular formula is C21H35N5O2. The predicted molar refractivity (Wildman–Crippen MR) is 108 cm³/mol. The van der Waals surface area contributed by atoms with Crippen LogP contribution in [0, 0.1) is 10.8 Å². The van der Waals surface area contributed by atoms with Crippen molar-refractivity contribution in [3.63, 3.8) is 0 Å². The van der Waals surface area contributed by atoms with Crippen molar-refractivity contribution in [1.82, 2.24) is 24.5 Å². The SMILES string of the molecule is CCN1CCC2(CN(CCOC)CC23CCN(Cc2cnn(C)c2)CC3)C1=O. The first kappa shape index (κ1) is 19.9. The average Bonchev–Trinajstić information content (AvgIpc) is 3.34. The Bertz CT molecular complexity index is 697. The van der Waals surface area contributed by atoms with E-state index in [0.717, 1.165) is 78.2 Å². The number of carbonyl (C=O) groups is 1. The zero-order valence-corrected chi connectivity index (χ0v) is 17.7. The Balaban J connectivity index is 1.50. The van der Waals surface area contributed by atoms with Gasteiger partial charge in [0.15, 0.2) is 0 Å². The van der Waals surface area contributed by atoms with E-state index in [-0.39, 0.29) is 10.8 Å². The van der Waals surface area contributed by atoms with Crippen molar-refractivity contribution >= 4 is 5.91 Å². The molecule has 3 aliphatic rings. The van der Waals surface area contributed by atoms with Gasteiger partial charge in [-0.2, -0.15) is 5.10 Å². The highest BCUT2D eigenvalue weighted by Gasteiger charge is 2.64. The lowest BCUT2D eigenvalue weighted by Crippen LogP contribution is -2.52. The third kappa shape index (κ3) is 3.27. The number of nitrogens with zero attached hydrogens (tertiary/aromatic N) is 5. The van der Waals surface area contributed by atoms with Crippen LogP contribution in [0.5, 0.6) is 0 Å². The lowest BCUT2D eigenvalue weighted by atomic mass is 9.60. The number of aromatic nitrogens is 2. The molecule has 0 aromatic carbocycles. The second kappa shape index (κ2) is 7.76. The number of fused-ring (bicyclic) bond motifs is 1. The van der Waals surface area contributed by atoms with Crippen molar-refractivity contribution < 1.29 is 9.53 Å². The lowest BCUT2D eigenvalue weighted by molar-refractivity contribution is -0.142. The minimum atomic E-state index is -0.183. The van der Waals surface area contributed by atoms with Gasteiger partial charge in [-0.1, -0.05) is 0 Å². The van der Waals surface area contributed by atoms with E-state index >= 15 is 0 Å². The van der Waals surface area contributed by atoms with Crippen molar-refractivity contribution in [2.75, 3.05) is 59.5 Å². The Hall–Kier alpha value is -1.44. The van der Waals surface area contributed by atoms with Crippen molar-refractivity contribution in [2.24, 2.45) is 17.9 Å². The molecule has 0 radical (unpaired) electrons. The second-order valence-electron chi connectivity index (χ2n) is 9.00. The Morgan fingerprint density at radius 1 is 1.14 bits per heavy atom. The Morgan fingerprint density at radius 2 is 1.93 bits per heavy atom. The monoisotopic (exact) mass is 389 g/mol. The van der Waals surface area contributed by atoms with Gasteiger partial charge in [-0.3, -0.25) is 19.3 Å². The van der Waals surface area contributed by atoms with Gasteiger partial charge in [0.2, 0.25) is 5.91 Å².